The molecule has 0 amide bonds. The zero-order valence-corrected chi connectivity index (χ0v) is 18.4. The smallest absolute Gasteiger partial charge is 0.148 e. The number of fused-ring (bicyclic) bond motifs is 5. The first-order valence-corrected chi connectivity index (χ1v) is 12.8. The Bertz CT molecular complexity index is 644. The van der Waals surface area contributed by atoms with Crippen LogP contribution in [0, 0.1) is 40.4 Å². The fourth-order valence-electron chi connectivity index (χ4n) is 8.26. The molecule has 4 fully saturated rings. The van der Waals surface area contributed by atoms with Crippen molar-refractivity contribution < 1.29 is 14.1 Å². The molecule has 0 aromatic carbocycles. The van der Waals surface area contributed by atoms with E-state index >= 15 is 0 Å². The summed E-state index contributed by atoms with van der Waals surface area (Å²) in [6.07, 6.45) is 11.8. The van der Waals surface area contributed by atoms with Crippen molar-refractivity contribution in [2.45, 2.75) is 84.2 Å². The maximum Gasteiger partial charge on any atom is 0.148 e. The van der Waals surface area contributed by atoms with Crippen LogP contribution in [-0.2, 0) is 15.6 Å². The van der Waals surface area contributed by atoms with Crippen LogP contribution in [-0.4, -0.2) is 32.7 Å². The molecule has 0 saturated heterocycles. The monoisotopic (exact) mass is 394 g/mol. The number of carbonyl (C=O) groups is 1. The van der Waals surface area contributed by atoms with Crippen LogP contribution >= 0.6 is 0 Å². The van der Waals surface area contributed by atoms with Gasteiger partial charge in [-0.05, 0) is 99.2 Å². The molecule has 0 heterocycles. The molecule has 3 nitrogen and oxygen atoms in total. The van der Waals surface area contributed by atoms with Gasteiger partial charge in [-0.25, -0.2) is 0 Å². The van der Waals surface area contributed by atoms with Crippen LogP contribution in [0.2, 0.25) is 0 Å². The van der Waals surface area contributed by atoms with Gasteiger partial charge < -0.3 is 5.11 Å². The first-order chi connectivity index (χ1) is 12.6. The van der Waals surface area contributed by atoms with Crippen LogP contribution < -0.4 is 0 Å². The van der Waals surface area contributed by atoms with E-state index in [9.17, 15) is 14.1 Å². The molecule has 4 heteroatoms. The maximum atomic E-state index is 12.8. The second kappa shape index (κ2) is 6.65. The number of rotatable bonds is 3. The highest BCUT2D eigenvalue weighted by Gasteiger charge is 2.61. The summed E-state index contributed by atoms with van der Waals surface area (Å²) in [4.78, 5) is 12.8. The topological polar surface area (TPSA) is 54.4 Å². The zero-order valence-electron chi connectivity index (χ0n) is 17.6. The van der Waals surface area contributed by atoms with Crippen LogP contribution in [0.3, 0.4) is 0 Å². The summed E-state index contributed by atoms with van der Waals surface area (Å²) in [6, 6.07) is 0. The Balaban J connectivity index is 1.56. The highest BCUT2D eigenvalue weighted by atomic mass is 32.2. The van der Waals surface area contributed by atoms with Gasteiger partial charge in [0.05, 0.1) is 11.4 Å². The molecule has 0 radical (unpaired) electrons. The molecule has 0 spiro atoms. The van der Waals surface area contributed by atoms with Gasteiger partial charge in [-0.1, -0.05) is 13.8 Å². The number of aliphatic hydroxyl groups is 1. The molecule has 0 aromatic heterocycles. The van der Waals surface area contributed by atoms with Gasteiger partial charge in [0.1, 0.15) is 5.78 Å². The van der Waals surface area contributed by atoms with E-state index in [1.165, 1.54) is 25.7 Å². The third-order valence-corrected chi connectivity index (χ3v) is 10.4. The molecule has 4 saturated carbocycles. The fourth-order valence-corrected chi connectivity index (χ4v) is 8.86. The summed E-state index contributed by atoms with van der Waals surface area (Å²) >= 11 is 0. The van der Waals surface area contributed by atoms with Crippen molar-refractivity contribution in [3.05, 3.63) is 0 Å². The molecule has 27 heavy (non-hydrogen) atoms. The molecule has 3 unspecified atom stereocenters. The van der Waals surface area contributed by atoms with Crippen molar-refractivity contribution in [2.24, 2.45) is 40.4 Å². The van der Waals surface area contributed by atoms with Crippen LogP contribution in [0.4, 0.5) is 0 Å². The van der Waals surface area contributed by atoms with Crippen molar-refractivity contribution >= 4 is 16.6 Å². The molecule has 4 rings (SSSR count). The molecule has 4 aliphatic rings. The highest BCUT2D eigenvalue weighted by molar-refractivity contribution is 7.85. The Morgan fingerprint density at radius 3 is 2.37 bits per heavy atom. The van der Waals surface area contributed by atoms with E-state index < -0.39 is 16.4 Å². The number of Topliss-reactive ketones (excluding diaryl/α,β-unsaturated/α-hetero) is 1. The van der Waals surface area contributed by atoms with Crippen molar-refractivity contribution in [1.82, 2.24) is 0 Å². The number of hydrogen-bond donors (Lipinski definition) is 1. The van der Waals surface area contributed by atoms with Crippen LogP contribution in [0.25, 0.3) is 0 Å². The van der Waals surface area contributed by atoms with E-state index in [1.807, 2.05) is 6.92 Å². The quantitative estimate of drug-likeness (QED) is 0.774. The minimum absolute atomic E-state index is 0.126. The van der Waals surface area contributed by atoms with Gasteiger partial charge in [-0.15, -0.1) is 0 Å². The van der Waals surface area contributed by atoms with Gasteiger partial charge in [0.2, 0.25) is 0 Å². The SMILES string of the molecule is CS(=O)CC(=O)[C@H]1CC[C@H]2[C@@H]3CCC4CC(C)(O)CC[C@]4(C)[C@H]3CC[C@]12C. The molecule has 1 N–H and O–H groups in total. The Hall–Kier alpha value is -0.220. The lowest BCUT2D eigenvalue weighted by Crippen LogP contribution is -2.55. The summed E-state index contributed by atoms with van der Waals surface area (Å²) in [5.74, 6) is 3.47. The van der Waals surface area contributed by atoms with E-state index in [4.69, 9.17) is 0 Å². The van der Waals surface area contributed by atoms with Crippen molar-refractivity contribution in [2.75, 3.05) is 12.0 Å². The van der Waals surface area contributed by atoms with Gasteiger partial charge in [-0.3, -0.25) is 9.00 Å². The lowest BCUT2D eigenvalue weighted by atomic mass is 9.44. The standard InChI is InChI=1S/C23H38O3S/c1-21(25)11-12-22(2)15(13-21)5-6-16-17-7-8-19(20(24)14-27(4)26)23(17,3)10-9-18(16)22/h15-19,25H,5-14H2,1-4H3/t15?,16-,17-,18-,19+,21?,22-,23-,27?/m0/s1. The van der Waals surface area contributed by atoms with Gasteiger partial charge >= 0.3 is 0 Å². The summed E-state index contributed by atoms with van der Waals surface area (Å²) in [6.45, 7) is 6.92. The predicted molar refractivity (Wildman–Crippen MR) is 110 cm³/mol. The third kappa shape index (κ3) is 3.17. The third-order valence-electron chi connectivity index (χ3n) is 9.69. The minimum atomic E-state index is -1.02. The van der Waals surface area contributed by atoms with Crippen LogP contribution in [0.1, 0.15) is 78.6 Å². The molecule has 0 aromatic rings. The van der Waals surface area contributed by atoms with E-state index in [-0.39, 0.29) is 22.9 Å². The minimum Gasteiger partial charge on any atom is -0.390 e. The Morgan fingerprint density at radius 1 is 0.963 bits per heavy atom. The highest BCUT2D eigenvalue weighted by Crippen LogP contribution is 2.68. The first-order valence-electron chi connectivity index (χ1n) is 11.1. The second-order valence-electron chi connectivity index (χ2n) is 11.2. The molecule has 0 aliphatic heterocycles. The number of hydrogen-bond acceptors (Lipinski definition) is 3. The summed E-state index contributed by atoms with van der Waals surface area (Å²) in [5, 5.41) is 10.6. The summed E-state index contributed by atoms with van der Waals surface area (Å²) < 4.78 is 11.6. The predicted octanol–water partition coefficient (Wildman–Crippen LogP) is 4.34. The van der Waals surface area contributed by atoms with E-state index in [0.717, 1.165) is 43.9 Å². The van der Waals surface area contributed by atoms with E-state index in [1.54, 1.807) is 6.26 Å². The van der Waals surface area contributed by atoms with Gasteiger partial charge in [-0.2, -0.15) is 0 Å². The summed E-state index contributed by atoms with van der Waals surface area (Å²) in [7, 11) is -1.02. The van der Waals surface area contributed by atoms with E-state index in [2.05, 4.69) is 13.8 Å². The van der Waals surface area contributed by atoms with Crippen LogP contribution in [0.5, 0.6) is 0 Å². The Kier molecular flexibility index (Phi) is 4.94. The van der Waals surface area contributed by atoms with Gasteiger partial charge in [0, 0.05) is 23.0 Å². The molecule has 4 aliphatic carbocycles. The maximum absolute atomic E-state index is 12.8. The van der Waals surface area contributed by atoms with Crippen molar-refractivity contribution in [3.8, 4) is 0 Å². The number of ketones is 1. The lowest BCUT2D eigenvalue weighted by Gasteiger charge is -2.61. The largest absolute Gasteiger partial charge is 0.390 e. The van der Waals surface area contributed by atoms with Crippen molar-refractivity contribution in [1.29, 1.82) is 0 Å². The normalized spacial score (nSPS) is 53.1. The van der Waals surface area contributed by atoms with Gasteiger partial charge in [0.15, 0.2) is 0 Å². The average molecular weight is 395 g/mol. The van der Waals surface area contributed by atoms with Crippen LogP contribution in [0.15, 0.2) is 0 Å². The average Bonchev–Trinajstić information content (AvgIpc) is 2.92. The molecule has 154 valence electrons. The Morgan fingerprint density at radius 2 is 1.67 bits per heavy atom. The second-order valence-corrected chi connectivity index (χ2v) is 12.7. The lowest BCUT2D eigenvalue weighted by molar-refractivity contribution is -0.150. The number of carbonyl (C=O) groups excluding carboxylic acids is 1. The molecular weight excluding hydrogens is 356 g/mol. The molecule has 9 atom stereocenters. The van der Waals surface area contributed by atoms with Gasteiger partial charge in [0.25, 0.3) is 0 Å². The first kappa shape index (κ1) is 20.1. The molecular formula is C23H38O3S. The van der Waals surface area contributed by atoms with E-state index in [0.29, 0.717) is 17.3 Å². The fraction of sp³-hybridized carbons (Fsp3) is 0.957. The zero-order chi connectivity index (χ0) is 19.6. The van der Waals surface area contributed by atoms with Crippen molar-refractivity contribution in [3.63, 3.8) is 0 Å². The Labute approximate surface area is 167 Å². The molecule has 0 bridgehead atoms. The summed E-state index contributed by atoms with van der Waals surface area (Å²) in [5.41, 5.74) is 0.0291.